The second kappa shape index (κ2) is 7.82. The van der Waals surface area contributed by atoms with Gasteiger partial charge in [-0.05, 0) is 18.6 Å². The van der Waals surface area contributed by atoms with Gasteiger partial charge in [-0.2, -0.15) is 13.2 Å². The zero-order valence-electron chi connectivity index (χ0n) is 12.5. The molecule has 7 heteroatoms. The Bertz CT molecular complexity index is 530. The first-order valence-corrected chi connectivity index (χ1v) is 6.98. The van der Waals surface area contributed by atoms with Gasteiger partial charge in [-0.15, -0.1) is 0 Å². The van der Waals surface area contributed by atoms with Crippen molar-refractivity contribution in [3.63, 3.8) is 0 Å². The normalized spacial score (nSPS) is 11.1. The number of anilines is 1. The molecule has 22 heavy (non-hydrogen) atoms. The highest BCUT2D eigenvalue weighted by Gasteiger charge is 2.35. The fourth-order valence-corrected chi connectivity index (χ4v) is 2.02. The van der Waals surface area contributed by atoms with Gasteiger partial charge < -0.3 is 10.2 Å². The van der Waals surface area contributed by atoms with Crippen molar-refractivity contribution >= 4 is 17.5 Å². The highest BCUT2D eigenvalue weighted by atomic mass is 19.4. The van der Waals surface area contributed by atoms with E-state index in [1.54, 1.807) is 0 Å². The van der Waals surface area contributed by atoms with Crippen LogP contribution in [-0.2, 0) is 15.8 Å². The van der Waals surface area contributed by atoms with E-state index in [2.05, 4.69) is 5.32 Å². The van der Waals surface area contributed by atoms with Crippen molar-refractivity contribution in [1.82, 2.24) is 5.32 Å². The van der Waals surface area contributed by atoms with Gasteiger partial charge in [-0.25, -0.2) is 0 Å². The van der Waals surface area contributed by atoms with Crippen molar-refractivity contribution in [2.24, 2.45) is 0 Å². The molecule has 0 radical (unpaired) electrons. The maximum Gasteiger partial charge on any atom is 0.418 e. The van der Waals surface area contributed by atoms with Crippen molar-refractivity contribution in [3.8, 4) is 0 Å². The molecule has 1 aromatic carbocycles. The van der Waals surface area contributed by atoms with Crippen LogP contribution < -0.4 is 10.2 Å². The Morgan fingerprint density at radius 2 is 1.86 bits per heavy atom. The van der Waals surface area contributed by atoms with Crippen LogP contribution in [0.3, 0.4) is 0 Å². The number of nitrogens with zero attached hydrogens (tertiary/aromatic N) is 1. The predicted molar refractivity (Wildman–Crippen MR) is 77.4 cm³/mol. The molecule has 1 N–H and O–H groups in total. The van der Waals surface area contributed by atoms with Crippen molar-refractivity contribution in [1.29, 1.82) is 0 Å². The lowest BCUT2D eigenvalue weighted by Gasteiger charge is -2.25. The lowest BCUT2D eigenvalue weighted by molar-refractivity contribution is -0.137. The molecule has 0 aliphatic rings. The van der Waals surface area contributed by atoms with Gasteiger partial charge in [0.15, 0.2) is 0 Å². The lowest BCUT2D eigenvalue weighted by atomic mass is 10.1. The third-order valence-corrected chi connectivity index (χ3v) is 3.01. The van der Waals surface area contributed by atoms with Gasteiger partial charge >= 0.3 is 6.18 Å². The Balaban J connectivity index is 2.89. The van der Waals surface area contributed by atoms with Crippen molar-refractivity contribution in [2.75, 3.05) is 18.0 Å². The molecule has 0 fully saturated rings. The van der Waals surface area contributed by atoms with Crippen LogP contribution in [0.25, 0.3) is 0 Å². The summed E-state index contributed by atoms with van der Waals surface area (Å²) in [6, 6.07) is 4.89. The fraction of sp³-hybridized carbons (Fsp3) is 0.467. The molecule has 2 amide bonds. The van der Waals surface area contributed by atoms with E-state index in [0.29, 0.717) is 12.8 Å². The molecule has 0 saturated carbocycles. The molecule has 1 aromatic rings. The average molecular weight is 316 g/mol. The SMILES string of the molecule is CCCC(=O)NCCN(C(C)=O)c1ccccc1C(F)(F)F. The minimum absolute atomic E-state index is 0.0160. The molecule has 0 aliphatic carbocycles. The maximum atomic E-state index is 13.0. The standard InChI is InChI=1S/C15H19F3N2O2/c1-3-6-14(22)19-9-10-20(11(2)21)13-8-5-4-7-12(13)15(16,17)18/h4-5,7-8H,3,6,9-10H2,1-2H3,(H,19,22). The van der Waals surface area contributed by atoms with E-state index < -0.39 is 17.6 Å². The molecule has 0 saturated heterocycles. The third kappa shape index (κ3) is 5.05. The van der Waals surface area contributed by atoms with Gasteiger partial charge in [0.25, 0.3) is 0 Å². The van der Waals surface area contributed by atoms with Crippen molar-refractivity contribution in [3.05, 3.63) is 29.8 Å². The molecular formula is C15H19F3N2O2. The van der Waals surface area contributed by atoms with Crippen LogP contribution in [0.1, 0.15) is 32.3 Å². The quantitative estimate of drug-likeness (QED) is 0.877. The molecule has 0 bridgehead atoms. The summed E-state index contributed by atoms with van der Waals surface area (Å²) in [5.74, 6) is -0.698. The van der Waals surface area contributed by atoms with Crippen molar-refractivity contribution in [2.45, 2.75) is 32.9 Å². The Labute approximate surface area is 127 Å². The summed E-state index contributed by atoms with van der Waals surface area (Å²) >= 11 is 0. The summed E-state index contributed by atoms with van der Waals surface area (Å²) in [6.45, 7) is 3.13. The summed E-state index contributed by atoms with van der Waals surface area (Å²) < 4.78 is 39.0. The smallest absolute Gasteiger partial charge is 0.354 e. The number of hydrogen-bond acceptors (Lipinski definition) is 2. The number of para-hydroxylation sites is 1. The number of alkyl halides is 3. The minimum Gasteiger partial charge on any atom is -0.354 e. The molecule has 4 nitrogen and oxygen atoms in total. The summed E-state index contributed by atoms with van der Waals surface area (Å²) in [5.41, 5.74) is -1.07. The van der Waals surface area contributed by atoms with Crippen LogP contribution >= 0.6 is 0 Å². The molecule has 0 heterocycles. The topological polar surface area (TPSA) is 49.4 Å². The number of carbonyl (C=O) groups is 2. The molecule has 0 aromatic heterocycles. The number of hydrogen-bond donors (Lipinski definition) is 1. The average Bonchev–Trinajstić information content (AvgIpc) is 2.42. The van der Waals surface area contributed by atoms with Gasteiger partial charge in [0, 0.05) is 26.4 Å². The zero-order chi connectivity index (χ0) is 16.8. The third-order valence-electron chi connectivity index (χ3n) is 3.01. The van der Waals surface area contributed by atoms with E-state index in [1.807, 2.05) is 6.92 Å². The van der Waals surface area contributed by atoms with Crippen LogP contribution in [0.4, 0.5) is 18.9 Å². The highest BCUT2D eigenvalue weighted by Crippen LogP contribution is 2.36. The largest absolute Gasteiger partial charge is 0.418 e. The van der Waals surface area contributed by atoms with Crippen LogP contribution in [-0.4, -0.2) is 24.9 Å². The van der Waals surface area contributed by atoms with Crippen molar-refractivity contribution < 1.29 is 22.8 Å². The molecule has 0 spiro atoms. The second-order valence-corrected chi connectivity index (χ2v) is 4.79. The highest BCUT2D eigenvalue weighted by molar-refractivity contribution is 5.92. The maximum absolute atomic E-state index is 13.0. The van der Waals surface area contributed by atoms with Gasteiger partial charge in [0.2, 0.25) is 11.8 Å². The minimum atomic E-state index is -4.55. The summed E-state index contributed by atoms with van der Waals surface area (Å²) in [7, 11) is 0. The van der Waals surface area contributed by atoms with Crippen LogP contribution in [0.5, 0.6) is 0 Å². The summed E-state index contributed by atoms with van der Waals surface area (Å²) in [5, 5.41) is 2.58. The zero-order valence-corrected chi connectivity index (χ0v) is 12.5. The van der Waals surface area contributed by atoms with Gasteiger partial charge in [-0.1, -0.05) is 19.1 Å². The molecular weight excluding hydrogens is 297 g/mol. The van der Waals surface area contributed by atoms with Gasteiger partial charge in [0.1, 0.15) is 0 Å². The lowest BCUT2D eigenvalue weighted by Crippen LogP contribution is -2.38. The van der Waals surface area contributed by atoms with Gasteiger partial charge in [0.05, 0.1) is 11.3 Å². The Kier molecular flexibility index (Phi) is 6.39. The van der Waals surface area contributed by atoms with Crippen LogP contribution in [0.15, 0.2) is 24.3 Å². The van der Waals surface area contributed by atoms with E-state index in [1.165, 1.54) is 25.1 Å². The van der Waals surface area contributed by atoms with E-state index >= 15 is 0 Å². The molecule has 1 rings (SSSR count). The molecule has 0 unspecified atom stereocenters. The number of halogens is 3. The molecule has 122 valence electrons. The first kappa shape index (κ1) is 18.0. The number of benzene rings is 1. The molecule has 0 atom stereocenters. The number of nitrogens with one attached hydrogen (secondary N) is 1. The van der Waals surface area contributed by atoms with E-state index in [9.17, 15) is 22.8 Å². The number of carbonyl (C=O) groups excluding carboxylic acids is 2. The Hall–Kier alpha value is -2.05. The second-order valence-electron chi connectivity index (χ2n) is 4.79. The number of amides is 2. The molecule has 0 aliphatic heterocycles. The van der Waals surface area contributed by atoms with E-state index in [0.717, 1.165) is 11.0 Å². The fourth-order valence-electron chi connectivity index (χ4n) is 2.02. The van der Waals surface area contributed by atoms with E-state index in [-0.39, 0.29) is 24.7 Å². The van der Waals surface area contributed by atoms with Gasteiger partial charge in [-0.3, -0.25) is 9.59 Å². The monoisotopic (exact) mass is 316 g/mol. The van der Waals surface area contributed by atoms with E-state index in [4.69, 9.17) is 0 Å². The summed E-state index contributed by atoms with van der Waals surface area (Å²) in [6.07, 6.45) is -3.52. The first-order valence-electron chi connectivity index (χ1n) is 6.98. The Morgan fingerprint density at radius 3 is 2.41 bits per heavy atom. The first-order chi connectivity index (χ1) is 10.3. The van der Waals surface area contributed by atoms with Crippen LogP contribution in [0.2, 0.25) is 0 Å². The predicted octanol–water partition coefficient (Wildman–Crippen LogP) is 2.97. The van der Waals surface area contributed by atoms with Crippen LogP contribution in [0, 0.1) is 0 Å². The Morgan fingerprint density at radius 1 is 1.23 bits per heavy atom. The number of rotatable bonds is 6. The summed E-state index contributed by atoms with van der Waals surface area (Å²) in [4.78, 5) is 24.1.